The van der Waals surface area contributed by atoms with Gasteiger partial charge in [-0.05, 0) is 32.0 Å². The van der Waals surface area contributed by atoms with E-state index in [4.69, 9.17) is 22.3 Å². The molecule has 27 heavy (non-hydrogen) atoms. The maximum absolute atomic E-state index is 14.6. The van der Waals surface area contributed by atoms with Crippen LogP contribution in [0.1, 0.15) is 34.5 Å². The number of nitrogens with one attached hydrogen (secondary N) is 1. The van der Waals surface area contributed by atoms with Crippen molar-refractivity contribution in [2.24, 2.45) is 5.84 Å². The number of carbonyl (C=O) groups is 2. The summed E-state index contributed by atoms with van der Waals surface area (Å²) in [5.41, 5.74) is 3.27. The topological polar surface area (TPSA) is 84.7 Å². The molecule has 0 bridgehead atoms. The van der Waals surface area contributed by atoms with Gasteiger partial charge in [0.1, 0.15) is 17.6 Å². The van der Waals surface area contributed by atoms with Gasteiger partial charge in [-0.3, -0.25) is 10.2 Å². The van der Waals surface area contributed by atoms with E-state index < -0.39 is 23.7 Å². The SMILES string of the molecule is CC1=C(C(=O)c2cccc(C)c2)C(c2c(F)cccc2Cl)N(C(=O)NN)O1. The van der Waals surface area contributed by atoms with Crippen LogP contribution in [0.4, 0.5) is 9.18 Å². The summed E-state index contributed by atoms with van der Waals surface area (Å²) < 4.78 is 14.6. The lowest BCUT2D eigenvalue weighted by Gasteiger charge is -2.25. The van der Waals surface area contributed by atoms with Gasteiger partial charge in [0.25, 0.3) is 0 Å². The number of ketones is 1. The number of amides is 2. The first-order chi connectivity index (χ1) is 12.8. The molecular weight excluding hydrogens is 373 g/mol. The standard InChI is InChI=1S/C19H17ClFN3O3/c1-10-5-3-6-12(9-10)18(25)15-11(2)27-24(19(26)23-22)17(15)16-13(20)7-4-8-14(16)21/h3-9,17H,22H2,1-2H3,(H,23,26). The van der Waals surface area contributed by atoms with Crippen LogP contribution in [0, 0.1) is 12.7 Å². The zero-order valence-corrected chi connectivity index (χ0v) is 15.4. The van der Waals surface area contributed by atoms with Crippen molar-refractivity contribution in [1.29, 1.82) is 0 Å². The Morgan fingerprint density at radius 1 is 1.22 bits per heavy atom. The molecule has 1 aliphatic rings. The van der Waals surface area contributed by atoms with E-state index in [1.807, 2.05) is 18.4 Å². The van der Waals surface area contributed by atoms with E-state index >= 15 is 0 Å². The minimum Gasteiger partial charge on any atom is -0.379 e. The number of nitrogens with zero attached hydrogens (tertiary/aromatic N) is 1. The van der Waals surface area contributed by atoms with Crippen molar-refractivity contribution in [1.82, 2.24) is 10.5 Å². The van der Waals surface area contributed by atoms with Gasteiger partial charge in [-0.2, -0.15) is 0 Å². The van der Waals surface area contributed by atoms with Crippen LogP contribution in [0.25, 0.3) is 0 Å². The Morgan fingerprint density at radius 3 is 2.56 bits per heavy atom. The van der Waals surface area contributed by atoms with Crippen LogP contribution >= 0.6 is 11.6 Å². The second-order valence-corrected chi connectivity index (χ2v) is 6.48. The molecule has 140 valence electrons. The van der Waals surface area contributed by atoms with E-state index in [1.54, 1.807) is 18.2 Å². The molecule has 6 nitrogen and oxygen atoms in total. The number of aryl methyl sites for hydroxylation is 1. The lowest BCUT2D eigenvalue weighted by molar-refractivity contribution is -0.0726. The second-order valence-electron chi connectivity index (χ2n) is 6.07. The molecule has 0 spiro atoms. The largest absolute Gasteiger partial charge is 0.379 e. The molecule has 0 saturated carbocycles. The first-order valence-corrected chi connectivity index (χ1v) is 8.46. The minimum absolute atomic E-state index is 0.0457. The van der Waals surface area contributed by atoms with Crippen LogP contribution in [0.15, 0.2) is 53.8 Å². The summed E-state index contributed by atoms with van der Waals surface area (Å²) in [6.07, 6.45) is 0. The molecule has 2 aromatic rings. The molecule has 0 radical (unpaired) electrons. The van der Waals surface area contributed by atoms with Crippen LogP contribution in [0.3, 0.4) is 0 Å². The van der Waals surface area contributed by atoms with Crippen LogP contribution in [0.5, 0.6) is 0 Å². The van der Waals surface area contributed by atoms with Crippen LogP contribution in [0.2, 0.25) is 5.02 Å². The maximum atomic E-state index is 14.6. The highest BCUT2D eigenvalue weighted by atomic mass is 35.5. The van der Waals surface area contributed by atoms with Gasteiger partial charge in [0.15, 0.2) is 5.78 Å². The zero-order chi connectivity index (χ0) is 19.7. The summed E-state index contributed by atoms with van der Waals surface area (Å²) in [7, 11) is 0. The number of carbonyl (C=O) groups excluding carboxylic acids is 2. The van der Waals surface area contributed by atoms with E-state index in [0.29, 0.717) is 5.56 Å². The van der Waals surface area contributed by atoms with Gasteiger partial charge in [-0.25, -0.2) is 15.0 Å². The molecule has 2 aromatic carbocycles. The first kappa shape index (κ1) is 18.9. The van der Waals surface area contributed by atoms with Crippen molar-refractivity contribution in [3.63, 3.8) is 0 Å². The maximum Gasteiger partial charge on any atom is 0.365 e. The van der Waals surface area contributed by atoms with Gasteiger partial charge in [0, 0.05) is 16.1 Å². The summed E-state index contributed by atoms with van der Waals surface area (Å²) in [5, 5.41) is 0.866. The normalized spacial score (nSPS) is 16.3. The highest BCUT2D eigenvalue weighted by Crippen LogP contribution is 2.43. The van der Waals surface area contributed by atoms with Gasteiger partial charge in [0.05, 0.1) is 5.57 Å². The third-order valence-electron chi connectivity index (χ3n) is 4.24. The number of hydrazine groups is 1. The number of rotatable bonds is 3. The lowest BCUT2D eigenvalue weighted by Crippen LogP contribution is -2.43. The van der Waals surface area contributed by atoms with Gasteiger partial charge in [0.2, 0.25) is 0 Å². The Bertz CT molecular complexity index is 941. The van der Waals surface area contributed by atoms with Gasteiger partial charge in [-0.15, -0.1) is 5.06 Å². The zero-order valence-electron chi connectivity index (χ0n) is 14.6. The molecule has 3 N–H and O–H groups in total. The Kier molecular flexibility index (Phi) is 5.16. The average molecular weight is 390 g/mol. The highest BCUT2D eigenvalue weighted by molar-refractivity contribution is 6.31. The molecule has 1 aliphatic heterocycles. The average Bonchev–Trinajstić information content (AvgIpc) is 2.97. The van der Waals surface area contributed by atoms with Crippen LogP contribution in [-0.4, -0.2) is 16.9 Å². The van der Waals surface area contributed by atoms with E-state index in [0.717, 1.165) is 10.6 Å². The molecule has 8 heteroatoms. The van der Waals surface area contributed by atoms with Crippen molar-refractivity contribution in [2.75, 3.05) is 0 Å². The van der Waals surface area contributed by atoms with E-state index in [2.05, 4.69) is 0 Å². The number of nitrogens with two attached hydrogens (primary N) is 1. The van der Waals surface area contributed by atoms with E-state index in [-0.39, 0.29) is 21.9 Å². The Hall–Kier alpha value is -2.90. The molecule has 1 atom stereocenters. The van der Waals surface area contributed by atoms with E-state index in [1.165, 1.54) is 25.1 Å². The van der Waals surface area contributed by atoms with Crippen LogP contribution in [-0.2, 0) is 4.84 Å². The molecule has 3 rings (SSSR count). The second kappa shape index (κ2) is 7.38. The molecule has 0 aliphatic carbocycles. The first-order valence-electron chi connectivity index (χ1n) is 8.09. The number of hydrogen-bond donors (Lipinski definition) is 2. The summed E-state index contributed by atoms with van der Waals surface area (Å²) in [5.74, 6) is 4.31. The summed E-state index contributed by atoms with van der Waals surface area (Å²) in [6.45, 7) is 3.37. The van der Waals surface area contributed by atoms with Gasteiger partial charge in [-0.1, -0.05) is 41.4 Å². The number of halogens is 2. The number of benzene rings is 2. The monoisotopic (exact) mass is 389 g/mol. The fourth-order valence-electron chi connectivity index (χ4n) is 3.04. The predicted molar refractivity (Wildman–Crippen MR) is 98.0 cm³/mol. The third-order valence-corrected chi connectivity index (χ3v) is 4.57. The van der Waals surface area contributed by atoms with Crippen molar-refractivity contribution in [2.45, 2.75) is 19.9 Å². The minimum atomic E-state index is -1.18. The summed E-state index contributed by atoms with van der Waals surface area (Å²) in [4.78, 5) is 30.8. The van der Waals surface area contributed by atoms with Gasteiger partial charge >= 0.3 is 6.03 Å². The molecule has 0 aromatic heterocycles. The molecule has 1 unspecified atom stereocenters. The summed E-state index contributed by atoms with van der Waals surface area (Å²) >= 11 is 6.19. The fraction of sp³-hybridized carbons (Fsp3) is 0.158. The predicted octanol–water partition coefficient (Wildman–Crippen LogP) is 3.82. The van der Waals surface area contributed by atoms with Crippen molar-refractivity contribution >= 4 is 23.4 Å². The molecular formula is C19H17ClFN3O3. The number of urea groups is 1. The Morgan fingerprint density at radius 2 is 1.93 bits per heavy atom. The number of hydrogen-bond acceptors (Lipinski definition) is 4. The number of hydroxylamine groups is 2. The van der Waals surface area contributed by atoms with Crippen molar-refractivity contribution < 1.29 is 18.8 Å². The Balaban J connectivity index is 2.17. The van der Waals surface area contributed by atoms with Crippen molar-refractivity contribution in [3.8, 4) is 0 Å². The highest BCUT2D eigenvalue weighted by Gasteiger charge is 2.43. The molecule has 0 saturated heterocycles. The molecule has 0 fully saturated rings. The third kappa shape index (κ3) is 3.39. The van der Waals surface area contributed by atoms with Crippen molar-refractivity contribution in [3.05, 3.63) is 81.3 Å². The van der Waals surface area contributed by atoms with Gasteiger partial charge < -0.3 is 4.84 Å². The van der Waals surface area contributed by atoms with Crippen LogP contribution < -0.4 is 11.3 Å². The summed E-state index contributed by atoms with van der Waals surface area (Å²) in [6, 6.07) is 9.01. The lowest BCUT2D eigenvalue weighted by atomic mass is 9.91. The Labute approximate surface area is 160 Å². The van der Waals surface area contributed by atoms with E-state index in [9.17, 15) is 14.0 Å². The fourth-order valence-corrected chi connectivity index (χ4v) is 3.31. The quantitative estimate of drug-likeness (QED) is 0.362. The number of allylic oxidation sites excluding steroid dienone is 1. The molecule has 1 heterocycles. The smallest absolute Gasteiger partial charge is 0.365 e. The number of Topliss-reactive ketones (excluding diaryl/α,β-unsaturated/α-hetero) is 1. The molecule has 2 amide bonds.